The summed E-state index contributed by atoms with van der Waals surface area (Å²) in [4.78, 5) is 22.3. The van der Waals surface area contributed by atoms with Crippen molar-refractivity contribution < 1.29 is 40.7 Å². The van der Waals surface area contributed by atoms with Gasteiger partial charge >= 0.3 is 24.4 Å². The second kappa shape index (κ2) is 6.53. The summed E-state index contributed by atoms with van der Waals surface area (Å²) in [6, 6.07) is -0.493. The number of carbonyl (C=O) groups is 2. The molecule has 0 fully saturated rings. The van der Waals surface area contributed by atoms with Crippen molar-refractivity contribution in [1.82, 2.24) is 10.9 Å². The largest absolute Gasteiger partial charge is 0.456 e. The Morgan fingerprint density at radius 2 is 1.56 bits per heavy atom. The number of hydrogen-bond acceptors (Lipinski definition) is 4. The number of amides is 2. The first-order chi connectivity index (χ1) is 11.4. The van der Waals surface area contributed by atoms with Crippen LogP contribution >= 0.6 is 0 Å². The van der Waals surface area contributed by atoms with Gasteiger partial charge in [-0.25, -0.2) is 9.59 Å². The number of cyclic esters (lactones) is 1. The lowest BCUT2D eigenvalue weighted by Gasteiger charge is -2.15. The molecule has 1 heterocycles. The van der Waals surface area contributed by atoms with Gasteiger partial charge in [-0.05, 0) is 18.2 Å². The number of urea groups is 1. The van der Waals surface area contributed by atoms with Gasteiger partial charge in [-0.1, -0.05) is 0 Å². The van der Waals surface area contributed by atoms with Crippen LogP contribution in [0.3, 0.4) is 0 Å². The van der Waals surface area contributed by atoms with Gasteiger partial charge in [0.05, 0.1) is 16.8 Å². The lowest BCUT2D eigenvalue weighted by atomic mass is 10.1. The minimum atomic E-state index is -5.03. The van der Waals surface area contributed by atoms with Crippen molar-refractivity contribution in [3.05, 3.63) is 41.1 Å². The molecule has 0 bridgehead atoms. The van der Waals surface area contributed by atoms with E-state index in [-0.39, 0.29) is 18.4 Å². The highest BCUT2D eigenvalue weighted by atomic mass is 19.4. The van der Waals surface area contributed by atoms with Crippen molar-refractivity contribution in [1.29, 1.82) is 0 Å². The third-order valence-corrected chi connectivity index (χ3v) is 2.84. The normalized spacial score (nSPS) is 14.6. The topological polar surface area (TPSA) is 79.5 Å². The fraction of sp³-hybridized carbons (Fsp3) is 0.231. The zero-order chi connectivity index (χ0) is 18.8. The molecule has 1 aromatic rings. The second-order valence-electron chi connectivity index (χ2n) is 4.78. The van der Waals surface area contributed by atoms with Gasteiger partial charge in [-0.2, -0.15) is 26.3 Å². The number of nitrogens with one attached hydrogen (secondary N) is 3. The molecular formula is C13H9F6N3O3. The predicted octanol–water partition coefficient (Wildman–Crippen LogP) is 2.79. The van der Waals surface area contributed by atoms with Crippen LogP contribution < -0.4 is 16.2 Å². The Kier molecular flexibility index (Phi) is 4.81. The zero-order valence-electron chi connectivity index (χ0n) is 12.0. The van der Waals surface area contributed by atoms with Gasteiger partial charge in [-0.3, -0.25) is 10.9 Å². The van der Waals surface area contributed by atoms with E-state index in [9.17, 15) is 35.9 Å². The molecule has 2 amide bonds. The molecule has 0 spiro atoms. The van der Waals surface area contributed by atoms with Crippen LogP contribution in [0.2, 0.25) is 0 Å². The van der Waals surface area contributed by atoms with E-state index in [2.05, 4.69) is 10.2 Å². The average molecular weight is 369 g/mol. The smallest absolute Gasteiger partial charge is 0.416 e. The Hall–Kier alpha value is -2.92. The first kappa shape index (κ1) is 18.4. The fourth-order valence-electron chi connectivity index (χ4n) is 1.77. The summed E-state index contributed by atoms with van der Waals surface area (Å²) in [5.41, 5.74) is 0.484. The maximum atomic E-state index is 12.7. The molecule has 25 heavy (non-hydrogen) atoms. The highest BCUT2D eigenvalue weighted by molar-refractivity contribution is 5.89. The number of esters is 1. The van der Waals surface area contributed by atoms with Crippen molar-refractivity contribution in [2.45, 2.75) is 12.4 Å². The van der Waals surface area contributed by atoms with Gasteiger partial charge < -0.3 is 10.1 Å². The number of rotatable bonds is 3. The van der Waals surface area contributed by atoms with Crippen LogP contribution in [0.4, 0.5) is 36.8 Å². The summed E-state index contributed by atoms with van der Waals surface area (Å²) in [7, 11) is 0. The second-order valence-corrected chi connectivity index (χ2v) is 4.78. The van der Waals surface area contributed by atoms with Crippen molar-refractivity contribution in [3.63, 3.8) is 0 Å². The van der Waals surface area contributed by atoms with E-state index < -0.39 is 41.2 Å². The van der Waals surface area contributed by atoms with E-state index in [4.69, 9.17) is 0 Å². The van der Waals surface area contributed by atoms with Gasteiger partial charge in [-0.15, -0.1) is 0 Å². The minimum Gasteiger partial charge on any atom is -0.456 e. The Balaban J connectivity index is 2.13. The number of ether oxygens (including phenoxy) is 1. The first-order valence-corrected chi connectivity index (χ1v) is 6.45. The standard InChI is InChI=1S/C13H9F6N3O3/c14-12(15,16)6-1-7(13(17,18)19)3-8(2-6)20-11(24)22-21-9-4-10(23)25-5-9/h1-4,21H,5H2,(H2,20,22,24). The summed E-state index contributed by atoms with van der Waals surface area (Å²) >= 11 is 0. The molecule has 1 aliphatic rings. The minimum absolute atomic E-state index is 0.0619. The van der Waals surface area contributed by atoms with Crippen LogP contribution in [-0.4, -0.2) is 18.6 Å². The molecule has 6 nitrogen and oxygen atoms in total. The number of hydrogen-bond donors (Lipinski definition) is 3. The Bertz CT molecular complexity index is 694. The SMILES string of the molecule is O=C(NNC1=CC(=O)OC1)Nc1cc(C(F)(F)F)cc(C(F)(F)F)c1. The van der Waals surface area contributed by atoms with Gasteiger partial charge in [0.1, 0.15) is 6.61 Å². The number of benzene rings is 1. The quantitative estimate of drug-likeness (QED) is 0.435. The lowest BCUT2D eigenvalue weighted by molar-refractivity contribution is -0.143. The fourth-order valence-corrected chi connectivity index (χ4v) is 1.77. The lowest BCUT2D eigenvalue weighted by Crippen LogP contribution is -2.40. The van der Waals surface area contributed by atoms with Gasteiger partial charge in [0.2, 0.25) is 0 Å². The highest BCUT2D eigenvalue weighted by Gasteiger charge is 2.37. The zero-order valence-corrected chi connectivity index (χ0v) is 12.0. The summed E-state index contributed by atoms with van der Waals surface area (Å²) in [5, 5.41) is 1.84. The Morgan fingerprint density at radius 3 is 2.00 bits per heavy atom. The van der Waals surface area contributed by atoms with E-state index in [1.807, 2.05) is 10.7 Å². The predicted molar refractivity (Wildman–Crippen MR) is 70.8 cm³/mol. The molecule has 136 valence electrons. The van der Waals surface area contributed by atoms with Crippen LogP contribution in [0.25, 0.3) is 0 Å². The molecule has 3 N–H and O–H groups in total. The van der Waals surface area contributed by atoms with Crippen LogP contribution in [-0.2, 0) is 21.9 Å². The molecule has 0 unspecified atom stereocenters. The molecule has 0 aliphatic carbocycles. The van der Waals surface area contributed by atoms with E-state index in [1.165, 1.54) is 0 Å². The van der Waals surface area contributed by atoms with Crippen LogP contribution in [0.5, 0.6) is 0 Å². The molecule has 0 saturated heterocycles. The molecule has 0 saturated carbocycles. The molecule has 12 heteroatoms. The van der Waals surface area contributed by atoms with E-state index in [1.54, 1.807) is 0 Å². The summed E-state index contributed by atoms with van der Waals surface area (Å²) < 4.78 is 80.7. The van der Waals surface area contributed by atoms with E-state index >= 15 is 0 Å². The van der Waals surface area contributed by atoms with Crippen molar-refractivity contribution >= 4 is 17.7 Å². The monoisotopic (exact) mass is 369 g/mol. The van der Waals surface area contributed by atoms with Crippen molar-refractivity contribution in [2.75, 3.05) is 11.9 Å². The van der Waals surface area contributed by atoms with Crippen LogP contribution in [0, 0.1) is 0 Å². The summed E-state index contributed by atoms with van der Waals surface area (Å²) in [5.74, 6) is -0.669. The molecule has 0 radical (unpaired) electrons. The van der Waals surface area contributed by atoms with Crippen molar-refractivity contribution in [3.8, 4) is 0 Å². The van der Waals surface area contributed by atoms with E-state index in [0.717, 1.165) is 6.08 Å². The summed E-state index contributed by atoms with van der Waals surface area (Å²) in [6.45, 7) is -0.166. The number of anilines is 1. The molecule has 1 aromatic carbocycles. The molecule has 2 rings (SSSR count). The number of hydrazine groups is 1. The van der Waals surface area contributed by atoms with Crippen LogP contribution in [0.15, 0.2) is 30.0 Å². The summed E-state index contributed by atoms with van der Waals surface area (Å²) in [6.07, 6.45) is -9.05. The first-order valence-electron chi connectivity index (χ1n) is 6.45. The number of halogens is 6. The number of alkyl halides is 6. The van der Waals surface area contributed by atoms with Crippen molar-refractivity contribution in [2.24, 2.45) is 0 Å². The van der Waals surface area contributed by atoms with Gasteiger partial charge in [0, 0.05) is 11.8 Å². The number of carbonyl (C=O) groups excluding carboxylic acids is 2. The third-order valence-electron chi connectivity index (χ3n) is 2.84. The molecule has 0 atom stereocenters. The highest BCUT2D eigenvalue weighted by Crippen LogP contribution is 2.37. The van der Waals surface area contributed by atoms with Crippen LogP contribution in [0.1, 0.15) is 11.1 Å². The maximum Gasteiger partial charge on any atom is 0.416 e. The molecular weight excluding hydrogens is 360 g/mol. The molecule has 0 aromatic heterocycles. The van der Waals surface area contributed by atoms with Gasteiger partial charge in [0.15, 0.2) is 0 Å². The Labute approximate surface area is 135 Å². The average Bonchev–Trinajstić information content (AvgIpc) is 2.89. The van der Waals surface area contributed by atoms with E-state index in [0.29, 0.717) is 12.1 Å². The molecule has 1 aliphatic heterocycles. The Morgan fingerprint density at radius 1 is 1.00 bits per heavy atom. The third kappa shape index (κ3) is 5.02. The maximum absolute atomic E-state index is 12.7. The van der Waals surface area contributed by atoms with Gasteiger partial charge in [0.25, 0.3) is 0 Å².